The first-order valence-electron chi connectivity index (χ1n) is 10.3. The largest absolute Gasteiger partial charge is 0.462 e. The molecule has 0 radical (unpaired) electrons. The molecule has 1 aliphatic carbocycles. The normalized spacial score (nSPS) is 14.9. The summed E-state index contributed by atoms with van der Waals surface area (Å²) in [4.78, 5) is 12.2. The van der Waals surface area contributed by atoms with E-state index in [0.29, 0.717) is 17.9 Å². The molecule has 0 amide bonds. The smallest absolute Gasteiger partial charge is 0.338 e. The molecule has 0 spiro atoms. The first-order valence-corrected chi connectivity index (χ1v) is 11.9. The predicted molar refractivity (Wildman–Crippen MR) is 118 cm³/mol. The minimum Gasteiger partial charge on any atom is -0.462 e. The van der Waals surface area contributed by atoms with Gasteiger partial charge in [-0.15, -0.1) is 0 Å². The highest BCUT2D eigenvalue weighted by Crippen LogP contribution is 2.34. The summed E-state index contributed by atoms with van der Waals surface area (Å²) in [5.74, 6) is -0.589. The van der Waals surface area contributed by atoms with Crippen molar-refractivity contribution < 1.29 is 17.9 Å². The average Bonchev–Trinajstić information content (AvgIpc) is 2.73. The van der Waals surface area contributed by atoms with Gasteiger partial charge >= 0.3 is 5.97 Å². The third-order valence-electron chi connectivity index (χ3n) is 5.20. The van der Waals surface area contributed by atoms with Crippen molar-refractivity contribution in [2.45, 2.75) is 56.5 Å². The highest BCUT2D eigenvalue weighted by Gasteiger charge is 2.24. The van der Waals surface area contributed by atoms with Gasteiger partial charge in [0, 0.05) is 12.6 Å². The third-order valence-corrected chi connectivity index (χ3v) is 6.13. The zero-order chi connectivity index (χ0) is 21.6. The van der Waals surface area contributed by atoms with Gasteiger partial charge in [0.05, 0.1) is 23.5 Å². The lowest BCUT2D eigenvalue weighted by molar-refractivity contribution is 0.0526. The lowest BCUT2D eigenvalue weighted by Gasteiger charge is -2.27. The van der Waals surface area contributed by atoms with Gasteiger partial charge < -0.3 is 15.4 Å². The maximum absolute atomic E-state index is 12.4. The molecule has 0 bridgehead atoms. The van der Waals surface area contributed by atoms with E-state index < -0.39 is 16.0 Å². The molecule has 0 unspecified atom stereocenters. The van der Waals surface area contributed by atoms with Crippen LogP contribution >= 0.6 is 0 Å². The lowest BCUT2D eigenvalue weighted by Crippen LogP contribution is -2.26. The molecule has 1 aliphatic rings. The molecule has 0 heterocycles. The number of esters is 1. The Hall–Kier alpha value is -2.58. The van der Waals surface area contributed by atoms with E-state index in [4.69, 9.17) is 9.88 Å². The first kappa shape index (κ1) is 22.1. The van der Waals surface area contributed by atoms with E-state index >= 15 is 0 Å². The molecule has 0 atom stereocenters. The van der Waals surface area contributed by atoms with Gasteiger partial charge in [-0.2, -0.15) is 0 Å². The summed E-state index contributed by atoms with van der Waals surface area (Å²) in [6, 6.07) is 12.8. The Labute approximate surface area is 178 Å². The summed E-state index contributed by atoms with van der Waals surface area (Å²) in [5.41, 5.74) is 2.10. The Morgan fingerprint density at radius 2 is 1.83 bits per heavy atom. The molecule has 3 rings (SSSR count). The van der Waals surface area contributed by atoms with E-state index in [0.717, 1.165) is 31.2 Å². The van der Waals surface area contributed by atoms with E-state index in [1.807, 2.05) is 30.3 Å². The standard InChI is InChI=1S/C22H29N3O4S/c1-2-29-22(26)17-13-19(24-15-16-9-5-3-6-10-16)21(20(14-17)30(23,27)28)25-18-11-7-4-8-12-18/h3,5-6,9-10,13-14,18,24-25H,2,4,7-8,11-12,15H2,1H3,(H2,23,27,28). The molecule has 1 fully saturated rings. The van der Waals surface area contributed by atoms with Crippen LogP contribution in [0.25, 0.3) is 0 Å². The highest BCUT2D eigenvalue weighted by atomic mass is 32.2. The third kappa shape index (κ3) is 5.73. The SMILES string of the molecule is CCOC(=O)c1cc(NCc2ccccc2)c(NC2CCCCC2)c(S(N)(=O)=O)c1. The molecule has 2 aromatic carbocycles. The van der Waals surface area contributed by atoms with Crippen molar-refractivity contribution in [3.05, 3.63) is 53.6 Å². The van der Waals surface area contributed by atoms with Gasteiger partial charge in [-0.25, -0.2) is 18.4 Å². The number of primary sulfonamides is 1. The zero-order valence-electron chi connectivity index (χ0n) is 17.2. The fourth-order valence-corrected chi connectivity index (χ4v) is 4.45. The van der Waals surface area contributed by atoms with E-state index in [1.165, 1.54) is 12.5 Å². The molecular formula is C22H29N3O4S. The number of rotatable bonds is 8. The molecule has 0 saturated heterocycles. The van der Waals surface area contributed by atoms with Crippen LogP contribution < -0.4 is 15.8 Å². The minimum absolute atomic E-state index is 0.103. The fraction of sp³-hybridized carbons (Fsp3) is 0.409. The number of nitrogens with two attached hydrogens (primary N) is 1. The first-order chi connectivity index (χ1) is 14.4. The molecule has 30 heavy (non-hydrogen) atoms. The van der Waals surface area contributed by atoms with Gasteiger partial charge in [-0.3, -0.25) is 0 Å². The number of anilines is 2. The summed E-state index contributed by atoms with van der Waals surface area (Å²) in [6.45, 7) is 2.36. The van der Waals surface area contributed by atoms with E-state index in [-0.39, 0.29) is 23.1 Å². The quantitative estimate of drug-likeness (QED) is 0.547. The minimum atomic E-state index is -4.07. The van der Waals surface area contributed by atoms with Crippen molar-refractivity contribution in [2.24, 2.45) is 5.14 Å². The van der Waals surface area contributed by atoms with Gasteiger partial charge in [-0.1, -0.05) is 49.6 Å². The number of carbonyl (C=O) groups excluding carboxylic acids is 1. The highest BCUT2D eigenvalue weighted by molar-refractivity contribution is 7.89. The Bertz CT molecular complexity index is 971. The maximum atomic E-state index is 12.4. The topological polar surface area (TPSA) is 111 Å². The molecule has 7 nitrogen and oxygen atoms in total. The Morgan fingerprint density at radius 3 is 2.47 bits per heavy atom. The average molecular weight is 432 g/mol. The summed E-state index contributed by atoms with van der Waals surface area (Å²) < 4.78 is 29.9. The molecular weight excluding hydrogens is 402 g/mol. The molecule has 0 aromatic heterocycles. The van der Waals surface area contributed by atoms with Crippen molar-refractivity contribution in [2.75, 3.05) is 17.2 Å². The monoisotopic (exact) mass is 431 g/mol. The second-order valence-electron chi connectivity index (χ2n) is 7.48. The predicted octanol–water partition coefficient (Wildman–Crippen LogP) is 3.87. The molecule has 4 N–H and O–H groups in total. The van der Waals surface area contributed by atoms with Crippen LogP contribution in [0.3, 0.4) is 0 Å². The summed E-state index contributed by atoms with van der Waals surface area (Å²) in [6.07, 6.45) is 5.29. The van der Waals surface area contributed by atoms with Crippen LogP contribution in [-0.2, 0) is 21.3 Å². The Morgan fingerprint density at radius 1 is 1.13 bits per heavy atom. The summed E-state index contributed by atoms with van der Waals surface area (Å²) >= 11 is 0. The zero-order valence-corrected chi connectivity index (χ0v) is 18.0. The van der Waals surface area contributed by atoms with E-state index in [9.17, 15) is 13.2 Å². The number of carbonyl (C=O) groups is 1. The number of nitrogens with one attached hydrogen (secondary N) is 2. The van der Waals surface area contributed by atoms with Crippen LogP contribution in [0.1, 0.15) is 54.9 Å². The van der Waals surface area contributed by atoms with E-state index in [1.54, 1.807) is 13.0 Å². The van der Waals surface area contributed by atoms with Gasteiger partial charge in [0.1, 0.15) is 4.90 Å². The van der Waals surface area contributed by atoms with Crippen molar-refractivity contribution >= 4 is 27.4 Å². The maximum Gasteiger partial charge on any atom is 0.338 e. The number of hydrogen-bond acceptors (Lipinski definition) is 6. The van der Waals surface area contributed by atoms with Crippen LogP contribution in [0.5, 0.6) is 0 Å². The van der Waals surface area contributed by atoms with Crippen molar-refractivity contribution in [3.8, 4) is 0 Å². The van der Waals surface area contributed by atoms with Crippen LogP contribution in [0.2, 0.25) is 0 Å². The number of ether oxygens (including phenoxy) is 1. The second kappa shape index (κ2) is 9.95. The van der Waals surface area contributed by atoms with Crippen LogP contribution in [0.15, 0.2) is 47.4 Å². The van der Waals surface area contributed by atoms with Gasteiger partial charge in [0.2, 0.25) is 10.0 Å². The second-order valence-corrected chi connectivity index (χ2v) is 9.01. The van der Waals surface area contributed by atoms with Crippen molar-refractivity contribution in [1.82, 2.24) is 0 Å². The van der Waals surface area contributed by atoms with Gasteiger partial charge in [0.15, 0.2) is 0 Å². The Balaban J connectivity index is 2.03. The van der Waals surface area contributed by atoms with Gasteiger partial charge in [0.25, 0.3) is 0 Å². The summed E-state index contributed by atoms with van der Waals surface area (Å²) in [7, 11) is -4.07. The van der Waals surface area contributed by atoms with E-state index in [2.05, 4.69) is 10.6 Å². The van der Waals surface area contributed by atoms with Crippen LogP contribution in [-0.4, -0.2) is 27.0 Å². The molecule has 0 aliphatic heterocycles. The molecule has 8 heteroatoms. The van der Waals surface area contributed by atoms with Crippen molar-refractivity contribution in [1.29, 1.82) is 0 Å². The lowest BCUT2D eigenvalue weighted by atomic mass is 9.95. The number of hydrogen-bond donors (Lipinski definition) is 3. The molecule has 2 aromatic rings. The van der Waals surface area contributed by atoms with Gasteiger partial charge in [-0.05, 0) is 37.5 Å². The number of benzene rings is 2. The Kier molecular flexibility index (Phi) is 7.33. The molecule has 1 saturated carbocycles. The fourth-order valence-electron chi connectivity index (χ4n) is 3.70. The van der Waals surface area contributed by atoms with Crippen molar-refractivity contribution in [3.63, 3.8) is 0 Å². The summed E-state index contributed by atoms with van der Waals surface area (Å²) in [5, 5.41) is 12.2. The molecule has 162 valence electrons. The number of sulfonamides is 1. The van der Waals surface area contributed by atoms with Crippen LogP contribution in [0, 0.1) is 0 Å². The van der Waals surface area contributed by atoms with Crippen LogP contribution in [0.4, 0.5) is 11.4 Å².